The Morgan fingerprint density at radius 3 is 2.84 bits per heavy atom. The molecule has 4 rings (SSSR count). The first-order chi connectivity index (χ1) is 9.34. The summed E-state index contributed by atoms with van der Waals surface area (Å²) in [6.45, 7) is 4.15. The van der Waals surface area contributed by atoms with Crippen LogP contribution in [0.4, 0.5) is 0 Å². The highest BCUT2D eigenvalue weighted by atomic mass is 16.7. The van der Waals surface area contributed by atoms with Crippen molar-refractivity contribution in [1.82, 2.24) is 9.63 Å². The molecule has 0 N–H and O–H groups in total. The maximum absolute atomic E-state index is 5.98. The average molecular weight is 254 g/mol. The molecule has 3 nitrogen and oxygen atoms in total. The summed E-state index contributed by atoms with van der Waals surface area (Å²) in [5.74, 6) is 0.599. The van der Waals surface area contributed by atoms with E-state index in [-0.39, 0.29) is 6.04 Å². The molecule has 98 valence electrons. The molecule has 1 fully saturated rings. The summed E-state index contributed by atoms with van der Waals surface area (Å²) >= 11 is 0. The van der Waals surface area contributed by atoms with Gasteiger partial charge in [-0.1, -0.05) is 30.3 Å². The van der Waals surface area contributed by atoms with Crippen LogP contribution in [0.2, 0.25) is 0 Å². The van der Waals surface area contributed by atoms with E-state index in [0.717, 1.165) is 13.2 Å². The fourth-order valence-electron chi connectivity index (χ4n) is 3.43. The highest BCUT2D eigenvalue weighted by molar-refractivity contribution is 5.22. The van der Waals surface area contributed by atoms with E-state index in [0.29, 0.717) is 12.0 Å². The molecule has 0 bridgehead atoms. The lowest BCUT2D eigenvalue weighted by molar-refractivity contribution is -0.162. The van der Waals surface area contributed by atoms with Crippen LogP contribution < -0.4 is 0 Å². The van der Waals surface area contributed by atoms with Gasteiger partial charge in [0.2, 0.25) is 0 Å². The Labute approximate surface area is 113 Å². The molecule has 0 unspecified atom stereocenters. The fourth-order valence-corrected chi connectivity index (χ4v) is 3.43. The third-order valence-electron chi connectivity index (χ3n) is 4.42. The Hall–Kier alpha value is -1.58. The maximum Gasteiger partial charge on any atom is 0.0828 e. The Kier molecular flexibility index (Phi) is 2.50. The highest BCUT2D eigenvalue weighted by Gasteiger charge is 2.44. The average Bonchev–Trinajstić information content (AvgIpc) is 3.10. The van der Waals surface area contributed by atoms with E-state index < -0.39 is 0 Å². The van der Waals surface area contributed by atoms with E-state index in [1.807, 2.05) is 0 Å². The van der Waals surface area contributed by atoms with Crippen LogP contribution in [0.25, 0.3) is 0 Å². The van der Waals surface area contributed by atoms with Crippen LogP contribution in [0.1, 0.15) is 30.3 Å². The number of aromatic nitrogens is 1. The molecule has 1 saturated heterocycles. The molecule has 0 aliphatic carbocycles. The molecule has 0 amide bonds. The van der Waals surface area contributed by atoms with Crippen molar-refractivity contribution in [2.75, 3.05) is 6.61 Å². The van der Waals surface area contributed by atoms with E-state index in [1.54, 1.807) is 0 Å². The first-order valence-corrected chi connectivity index (χ1v) is 6.96. The zero-order valence-corrected chi connectivity index (χ0v) is 11.1. The van der Waals surface area contributed by atoms with E-state index >= 15 is 0 Å². The molecule has 1 aromatic heterocycles. The van der Waals surface area contributed by atoms with Crippen LogP contribution in [0.5, 0.6) is 0 Å². The largest absolute Gasteiger partial charge is 0.349 e. The van der Waals surface area contributed by atoms with E-state index in [2.05, 4.69) is 65.2 Å². The summed E-state index contributed by atoms with van der Waals surface area (Å²) < 4.78 is 2.36. The monoisotopic (exact) mass is 254 g/mol. The molecule has 2 aliphatic heterocycles. The molecule has 3 heterocycles. The smallest absolute Gasteiger partial charge is 0.0828 e. The number of nitrogens with zero attached hydrogens (tertiary/aromatic N) is 2. The number of hydroxylamine groups is 2. The Bertz CT molecular complexity index is 577. The molecule has 3 atom stereocenters. The van der Waals surface area contributed by atoms with Gasteiger partial charge in [0, 0.05) is 24.4 Å². The van der Waals surface area contributed by atoms with E-state index in [1.165, 1.54) is 11.3 Å². The van der Waals surface area contributed by atoms with Gasteiger partial charge < -0.3 is 4.57 Å². The van der Waals surface area contributed by atoms with Gasteiger partial charge in [-0.25, -0.2) is 0 Å². The third kappa shape index (κ3) is 1.66. The van der Waals surface area contributed by atoms with Crippen LogP contribution in [-0.2, 0) is 11.4 Å². The summed E-state index contributed by atoms with van der Waals surface area (Å²) in [4.78, 5) is 5.98. The van der Waals surface area contributed by atoms with Gasteiger partial charge in [0.1, 0.15) is 0 Å². The zero-order valence-electron chi connectivity index (χ0n) is 11.1. The van der Waals surface area contributed by atoms with Gasteiger partial charge in [-0.15, -0.1) is 0 Å². The van der Waals surface area contributed by atoms with Gasteiger partial charge >= 0.3 is 0 Å². The van der Waals surface area contributed by atoms with Gasteiger partial charge in [0.05, 0.1) is 18.7 Å². The molecule has 2 aromatic rings. The second kappa shape index (κ2) is 4.22. The normalized spacial score (nSPS) is 27.2. The van der Waals surface area contributed by atoms with Gasteiger partial charge in [-0.2, -0.15) is 5.06 Å². The topological polar surface area (TPSA) is 17.4 Å². The van der Waals surface area contributed by atoms with Crippen LogP contribution in [0, 0.1) is 5.92 Å². The van der Waals surface area contributed by atoms with Gasteiger partial charge in [0.15, 0.2) is 0 Å². The summed E-state index contributed by atoms with van der Waals surface area (Å²) in [5, 5.41) is 2.19. The minimum Gasteiger partial charge on any atom is -0.349 e. The molecule has 0 spiro atoms. The molecular weight excluding hydrogens is 236 g/mol. The molecule has 2 aliphatic rings. The van der Waals surface area contributed by atoms with Crippen molar-refractivity contribution in [3.05, 3.63) is 59.9 Å². The first-order valence-electron chi connectivity index (χ1n) is 6.96. The minimum atomic E-state index is 0.289. The third-order valence-corrected chi connectivity index (χ3v) is 4.42. The second-order valence-electron chi connectivity index (χ2n) is 5.53. The van der Waals surface area contributed by atoms with Crippen molar-refractivity contribution < 1.29 is 4.84 Å². The summed E-state index contributed by atoms with van der Waals surface area (Å²) in [6.07, 6.45) is 2.18. The number of fused-ring (bicyclic) bond motifs is 3. The fraction of sp³-hybridized carbons (Fsp3) is 0.375. The van der Waals surface area contributed by atoms with Gasteiger partial charge in [-0.3, -0.25) is 4.84 Å². The minimum absolute atomic E-state index is 0.289. The van der Waals surface area contributed by atoms with Crippen LogP contribution in [0.3, 0.4) is 0 Å². The van der Waals surface area contributed by atoms with Crippen molar-refractivity contribution in [3.8, 4) is 0 Å². The summed E-state index contributed by atoms with van der Waals surface area (Å²) in [6, 6.07) is 15.7. The van der Waals surface area contributed by atoms with Crippen molar-refractivity contribution >= 4 is 0 Å². The van der Waals surface area contributed by atoms with Gasteiger partial charge in [-0.05, 0) is 24.6 Å². The first kappa shape index (κ1) is 11.3. The Morgan fingerprint density at radius 1 is 1.16 bits per heavy atom. The van der Waals surface area contributed by atoms with Crippen LogP contribution in [-0.4, -0.2) is 16.2 Å². The quantitative estimate of drug-likeness (QED) is 0.819. The number of rotatable bonds is 2. The molecule has 19 heavy (non-hydrogen) atoms. The number of benzene rings is 1. The van der Waals surface area contributed by atoms with Crippen molar-refractivity contribution in [2.45, 2.75) is 25.6 Å². The lowest BCUT2D eigenvalue weighted by atomic mass is 10.00. The molecule has 3 heteroatoms. The van der Waals surface area contributed by atoms with E-state index in [9.17, 15) is 0 Å². The lowest BCUT2D eigenvalue weighted by Crippen LogP contribution is -2.26. The van der Waals surface area contributed by atoms with Crippen LogP contribution >= 0.6 is 0 Å². The SMILES string of the molecule is C[C@H](c1ccccc1)N1OC[C@@H]2Cn3cccc3[C@@H]21. The van der Waals surface area contributed by atoms with E-state index in [4.69, 9.17) is 4.84 Å². The molecule has 0 radical (unpaired) electrons. The summed E-state index contributed by atoms with van der Waals surface area (Å²) in [5.41, 5.74) is 2.71. The Morgan fingerprint density at radius 2 is 2.00 bits per heavy atom. The number of hydrogen-bond donors (Lipinski definition) is 0. The summed E-state index contributed by atoms with van der Waals surface area (Å²) in [7, 11) is 0. The Balaban J connectivity index is 1.66. The maximum atomic E-state index is 5.98. The predicted molar refractivity (Wildman–Crippen MR) is 73.3 cm³/mol. The lowest BCUT2D eigenvalue weighted by Gasteiger charge is -2.28. The van der Waals surface area contributed by atoms with Crippen molar-refractivity contribution in [2.24, 2.45) is 5.92 Å². The second-order valence-corrected chi connectivity index (χ2v) is 5.53. The molecule has 1 aromatic carbocycles. The molecular formula is C16H18N2O. The number of hydrogen-bond acceptors (Lipinski definition) is 2. The standard InChI is InChI=1S/C16H18N2O/c1-12(13-6-3-2-4-7-13)18-16-14(11-19-18)10-17-9-5-8-15(16)17/h2-9,12,14,16H,10-11H2,1H3/t12-,14+,16-/m1/s1. The molecule has 0 saturated carbocycles. The van der Waals surface area contributed by atoms with Crippen LogP contribution in [0.15, 0.2) is 48.7 Å². The van der Waals surface area contributed by atoms with Crippen molar-refractivity contribution in [3.63, 3.8) is 0 Å². The predicted octanol–water partition coefficient (Wildman–Crippen LogP) is 3.17. The van der Waals surface area contributed by atoms with Gasteiger partial charge in [0.25, 0.3) is 0 Å². The highest BCUT2D eigenvalue weighted by Crippen LogP contribution is 2.45. The zero-order chi connectivity index (χ0) is 12.8. The van der Waals surface area contributed by atoms with Crippen molar-refractivity contribution in [1.29, 1.82) is 0 Å².